The second-order valence-electron chi connectivity index (χ2n) is 3.54. The van der Waals surface area contributed by atoms with Gasteiger partial charge in [0, 0.05) is 23.6 Å². The lowest BCUT2D eigenvalue weighted by Crippen LogP contribution is -2.03. The summed E-state index contributed by atoms with van der Waals surface area (Å²) in [6.45, 7) is 4.70. The maximum absolute atomic E-state index is 5.91. The fourth-order valence-corrected chi connectivity index (χ4v) is 2.31. The van der Waals surface area contributed by atoms with Gasteiger partial charge < -0.3 is 5.32 Å². The number of halogens is 1. The predicted molar refractivity (Wildman–Crippen MR) is 70.6 cm³/mol. The zero-order valence-electron chi connectivity index (χ0n) is 9.70. The van der Waals surface area contributed by atoms with Crippen molar-refractivity contribution in [2.24, 2.45) is 0 Å². The molecular weight excluding hydrogens is 256 g/mol. The van der Waals surface area contributed by atoms with Crippen molar-refractivity contribution in [2.75, 3.05) is 5.32 Å². The Balaban J connectivity index is 2.05. The molecule has 6 heteroatoms. The third-order valence-corrected chi connectivity index (χ3v) is 3.28. The molecule has 0 spiro atoms. The molecule has 0 fully saturated rings. The molecule has 0 aliphatic carbocycles. The summed E-state index contributed by atoms with van der Waals surface area (Å²) >= 11 is 7.58. The minimum absolute atomic E-state index is 0.472. The number of anilines is 1. The Morgan fingerprint density at radius 3 is 2.88 bits per heavy atom. The van der Waals surface area contributed by atoms with Gasteiger partial charge in [-0.2, -0.15) is 0 Å². The minimum Gasteiger partial charge on any atom is -0.365 e. The Bertz CT molecular complexity index is 512. The molecule has 0 saturated heterocycles. The Hall–Kier alpha value is -1.20. The first-order valence-corrected chi connectivity index (χ1v) is 6.55. The average Bonchev–Trinajstić information content (AvgIpc) is 2.72. The van der Waals surface area contributed by atoms with Gasteiger partial charge in [-0.05, 0) is 6.92 Å². The number of thiazole rings is 1. The van der Waals surface area contributed by atoms with Crippen LogP contribution in [0.3, 0.4) is 0 Å². The van der Waals surface area contributed by atoms with Crippen LogP contribution >= 0.6 is 22.9 Å². The first-order chi connectivity index (χ1) is 8.17. The van der Waals surface area contributed by atoms with Crippen molar-refractivity contribution in [3.8, 4) is 0 Å². The molecule has 0 unspecified atom stereocenters. The first-order valence-electron chi connectivity index (χ1n) is 5.36. The van der Waals surface area contributed by atoms with Gasteiger partial charge in [0.1, 0.15) is 16.8 Å². The van der Waals surface area contributed by atoms with E-state index in [9.17, 15) is 0 Å². The van der Waals surface area contributed by atoms with Gasteiger partial charge in [-0.15, -0.1) is 11.3 Å². The fourth-order valence-electron chi connectivity index (χ4n) is 1.38. The summed E-state index contributed by atoms with van der Waals surface area (Å²) in [6.07, 6.45) is 2.64. The Kier molecular flexibility index (Phi) is 3.91. The number of rotatable bonds is 4. The van der Waals surface area contributed by atoms with E-state index in [0.29, 0.717) is 11.7 Å². The molecule has 0 saturated carbocycles. The normalized spacial score (nSPS) is 10.5. The summed E-state index contributed by atoms with van der Waals surface area (Å²) < 4.78 is 0. The smallest absolute Gasteiger partial charge is 0.134 e. The SMILES string of the molecule is CCc1nc(Cl)cc(NCc2cnc(C)s2)n1. The molecule has 0 radical (unpaired) electrons. The van der Waals surface area contributed by atoms with E-state index in [2.05, 4.69) is 20.3 Å². The topological polar surface area (TPSA) is 50.7 Å². The van der Waals surface area contributed by atoms with E-state index < -0.39 is 0 Å². The Morgan fingerprint density at radius 2 is 2.24 bits per heavy atom. The molecule has 0 aliphatic rings. The van der Waals surface area contributed by atoms with Gasteiger partial charge in [0.05, 0.1) is 11.6 Å². The quantitative estimate of drug-likeness (QED) is 0.866. The van der Waals surface area contributed by atoms with E-state index in [-0.39, 0.29) is 0 Å². The number of aromatic nitrogens is 3. The van der Waals surface area contributed by atoms with Crippen molar-refractivity contribution in [3.63, 3.8) is 0 Å². The lowest BCUT2D eigenvalue weighted by Gasteiger charge is -2.05. The van der Waals surface area contributed by atoms with Gasteiger partial charge in [0.2, 0.25) is 0 Å². The van der Waals surface area contributed by atoms with Crippen molar-refractivity contribution in [3.05, 3.63) is 33.1 Å². The van der Waals surface area contributed by atoms with Gasteiger partial charge in [-0.3, -0.25) is 0 Å². The van der Waals surface area contributed by atoms with Gasteiger partial charge in [0.15, 0.2) is 0 Å². The van der Waals surface area contributed by atoms with Gasteiger partial charge >= 0.3 is 0 Å². The fraction of sp³-hybridized carbons (Fsp3) is 0.364. The predicted octanol–water partition coefficient (Wildman–Crippen LogP) is 3.07. The highest BCUT2D eigenvalue weighted by atomic mass is 35.5. The van der Waals surface area contributed by atoms with Gasteiger partial charge in [-0.1, -0.05) is 18.5 Å². The standard InChI is InChI=1S/C11H13ClN4S/c1-3-10-15-9(12)4-11(16-10)14-6-8-5-13-7(2)17-8/h4-5H,3,6H2,1-2H3,(H,14,15,16). The summed E-state index contributed by atoms with van der Waals surface area (Å²) in [4.78, 5) is 13.8. The molecule has 2 heterocycles. The van der Waals surface area contributed by atoms with Crippen LogP contribution in [0.1, 0.15) is 22.6 Å². The zero-order valence-corrected chi connectivity index (χ0v) is 11.3. The largest absolute Gasteiger partial charge is 0.365 e. The number of hydrogen-bond acceptors (Lipinski definition) is 5. The highest BCUT2D eigenvalue weighted by Gasteiger charge is 2.03. The summed E-state index contributed by atoms with van der Waals surface area (Å²) in [5.41, 5.74) is 0. The maximum atomic E-state index is 5.91. The third-order valence-electron chi connectivity index (χ3n) is 2.17. The molecule has 1 N–H and O–H groups in total. The number of nitrogens with one attached hydrogen (secondary N) is 1. The molecular formula is C11H13ClN4S. The van der Waals surface area contributed by atoms with E-state index in [1.807, 2.05) is 20.0 Å². The summed E-state index contributed by atoms with van der Waals surface area (Å²) in [6, 6.07) is 1.73. The van der Waals surface area contributed by atoms with Crippen LogP contribution in [0.2, 0.25) is 5.15 Å². The van der Waals surface area contributed by atoms with Crippen molar-refractivity contribution >= 4 is 28.8 Å². The molecule has 0 atom stereocenters. The van der Waals surface area contributed by atoms with Crippen molar-refractivity contribution in [1.82, 2.24) is 15.0 Å². The van der Waals surface area contributed by atoms with Crippen LogP contribution in [-0.4, -0.2) is 15.0 Å². The van der Waals surface area contributed by atoms with Crippen LogP contribution in [0.25, 0.3) is 0 Å². The van der Waals surface area contributed by atoms with E-state index in [1.165, 1.54) is 4.88 Å². The summed E-state index contributed by atoms with van der Waals surface area (Å²) in [7, 11) is 0. The number of nitrogens with zero attached hydrogens (tertiary/aromatic N) is 3. The summed E-state index contributed by atoms with van der Waals surface area (Å²) in [5.74, 6) is 1.51. The number of aryl methyl sites for hydroxylation is 2. The van der Waals surface area contributed by atoms with E-state index >= 15 is 0 Å². The first kappa shape index (κ1) is 12.3. The van der Waals surface area contributed by atoms with Crippen LogP contribution in [0, 0.1) is 6.92 Å². The highest BCUT2D eigenvalue weighted by Crippen LogP contribution is 2.15. The molecule has 4 nitrogen and oxygen atoms in total. The molecule has 90 valence electrons. The van der Waals surface area contributed by atoms with Crippen LogP contribution in [0.4, 0.5) is 5.82 Å². The van der Waals surface area contributed by atoms with Crippen LogP contribution in [0.15, 0.2) is 12.3 Å². The molecule has 0 aromatic carbocycles. The maximum Gasteiger partial charge on any atom is 0.134 e. The molecule has 17 heavy (non-hydrogen) atoms. The molecule has 0 aliphatic heterocycles. The van der Waals surface area contributed by atoms with Crippen LogP contribution in [0.5, 0.6) is 0 Å². The second-order valence-corrected chi connectivity index (χ2v) is 5.25. The lowest BCUT2D eigenvalue weighted by atomic mass is 10.4. The lowest BCUT2D eigenvalue weighted by molar-refractivity contribution is 0.934. The van der Waals surface area contributed by atoms with E-state index in [4.69, 9.17) is 11.6 Å². The molecule has 2 rings (SSSR count). The van der Waals surface area contributed by atoms with E-state index in [1.54, 1.807) is 17.4 Å². The molecule has 0 amide bonds. The van der Waals surface area contributed by atoms with Crippen molar-refractivity contribution < 1.29 is 0 Å². The summed E-state index contributed by atoms with van der Waals surface area (Å²) in [5, 5.41) is 4.76. The third kappa shape index (κ3) is 3.38. The molecule has 2 aromatic rings. The minimum atomic E-state index is 0.472. The monoisotopic (exact) mass is 268 g/mol. The average molecular weight is 269 g/mol. The Morgan fingerprint density at radius 1 is 1.41 bits per heavy atom. The Labute approximate surface area is 109 Å². The van der Waals surface area contributed by atoms with Crippen molar-refractivity contribution in [1.29, 1.82) is 0 Å². The van der Waals surface area contributed by atoms with Gasteiger partial charge in [0.25, 0.3) is 0 Å². The van der Waals surface area contributed by atoms with Gasteiger partial charge in [-0.25, -0.2) is 15.0 Å². The van der Waals surface area contributed by atoms with Crippen molar-refractivity contribution in [2.45, 2.75) is 26.8 Å². The zero-order chi connectivity index (χ0) is 12.3. The second kappa shape index (κ2) is 5.42. The highest BCUT2D eigenvalue weighted by molar-refractivity contribution is 7.11. The molecule has 0 bridgehead atoms. The number of hydrogen-bond donors (Lipinski definition) is 1. The van der Waals surface area contributed by atoms with Crippen LogP contribution < -0.4 is 5.32 Å². The molecule has 2 aromatic heterocycles. The van der Waals surface area contributed by atoms with E-state index in [0.717, 1.165) is 23.1 Å². The van der Waals surface area contributed by atoms with Crippen LogP contribution in [-0.2, 0) is 13.0 Å².